The first-order chi connectivity index (χ1) is 14.6. The lowest BCUT2D eigenvalue weighted by Crippen LogP contribution is -1.89. The number of nitro benzene ring substituents is 1. The molecule has 30 heavy (non-hydrogen) atoms. The summed E-state index contributed by atoms with van der Waals surface area (Å²) < 4.78 is 0. The number of benzene rings is 4. The van der Waals surface area contributed by atoms with E-state index in [-0.39, 0.29) is 10.6 Å². The van der Waals surface area contributed by atoms with E-state index in [2.05, 4.69) is 22.1 Å². The maximum atomic E-state index is 11.4. The van der Waals surface area contributed by atoms with Crippen LogP contribution in [0, 0.1) is 17.0 Å². The molecular weight excluding hydrogens is 376 g/mol. The fourth-order valence-electron chi connectivity index (χ4n) is 4.48. The zero-order valence-electron chi connectivity index (χ0n) is 16.1. The van der Waals surface area contributed by atoms with E-state index in [0.717, 1.165) is 60.6 Å². The van der Waals surface area contributed by atoms with Crippen molar-refractivity contribution in [3.8, 4) is 11.4 Å². The zero-order chi connectivity index (χ0) is 20.4. The summed E-state index contributed by atoms with van der Waals surface area (Å²) >= 11 is 0. The van der Waals surface area contributed by atoms with E-state index in [1.807, 2.05) is 49.4 Å². The minimum Gasteiger partial charge on any atom is -0.358 e. The first kappa shape index (κ1) is 16.7. The SMILES string of the molecule is Cc1[nH]c2ccccc2c1-c1nc2c3cc([N+](=O)[O-])ccc3c3ccccc3c2[nH]1. The van der Waals surface area contributed by atoms with Crippen LogP contribution in [0.25, 0.3) is 54.9 Å². The number of imidazole rings is 1. The summed E-state index contributed by atoms with van der Waals surface area (Å²) in [6.45, 7) is 2.03. The standard InChI is InChI=1S/C24H16N4O2/c1-13-21(18-8-4-5-9-20(18)25-13)24-26-22-17-7-3-2-6-15(17)16-11-10-14(28(29)30)12-19(16)23(22)27-24/h2-12,25H,1H3,(H,26,27). The Hall–Kier alpha value is -4.19. The molecule has 0 aliphatic rings. The molecule has 0 saturated carbocycles. The minimum absolute atomic E-state index is 0.0619. The molecule has 0 aliphatic carbocycles. The number of H-pyrrole nitrogens is 2. The Morgan fingerprint density at radius 2 is 1.53 bits per heavy atom. The van der Waals surface area contributed by atoms with Gasteiger partial charge in [0, 0.05) is 45.1 Å². The molecule has 2 heterocycles. The van der Waals surface area contributed by atoms with Crippen LogP contribution < -0.4 is 0 Å². The van der Waals surface area contributed by atoms with Crippen molar-refractivity contribution < 1.29 is 4.92 Å². The molecule has 0 amide bonds. The Labute approximate surface area is 170 Å². The molecule has 144 valence electrons. The van der Waals surface area contributed by atoms with Gasteiger partial charge in [0.05, 0.1) is 16.0 Å². The zero-order valence-corrected chi connectivity index (χ0v) is 16.1. The van der Waals surface area contributed by atoms with Gasteiger partial charge in [-0.3, -0.25) is 10.1 Å². The van der Waals surface area contributed by atoms with Gasteiger partial charge in [0.1, 0.15) is 5.82 Å². The molecule has 0 spiro atoms. The number of aryl methyl sites for hydroxylation is 1. The Kier molecular flexibility index (Phi) is 3.29. The van der Waals surface area contributed by atoms with Crippen LogP contribution in [0.4, 0.5) is 5.69 Å². The topological polar surface area (TPSA) is 87.6 Å². The van der Waals surface area contributed by atoms with Crippen molar-refractivity contribution in [3.05, 3.63) is 82.5 Å². The van der Waals surface area contributed by atoms with Crippen molar-refractivity contribution in [2.45, 2.75) is 6.92 Å². The number of non-ortho nitro benzene ring substituents is 1. The van der Waals surface area contributed by atoms with Crippen molar-refractivity contribution in [2.75, 3.05) is 0 Å². The van der Waals surface area contributed by atoms with E-state index in [1.54, 1.807) is 12.1 Å². The number of fused-ring (bicyclic) bond motifs is 7. The summed E-state index contributed by atoms with van der Waals surface area (Å²) in [5.74, 6) is 0.754. The van der Waals surface area contributed by atoms with Gasteiger partial charge in [-0.2, -0.15) is 0 Å². The summed E-state index contributed by atoms with van der Waals surface area (Å²) in [5.41, 5.74) is 4.78. The fourth-order valence-corrected chi connectivity index (χ4v) is 4.48. The number of nitrogens with zero attached hydrogens (tertiary/aromatic N) is 2. The summed E-state index contributed by atoms with van der Waals surface area (Å²) in [4.78, 5) is 22.9. The molecule has 2 N–H and O–H groups in total. The van der Waals surface area contributed by atoms with Gasteiger partial charge < -0.3 is 9.97 Å². The number of para-hydroxylation sites is 1. The van der Waals surface area contributed by atoms with E-state index in [0.29, 0.717) is 0 Å². The minimum atomic E-state index is -0.363. The van der Waals surface area contributed by atoms with E-state index in [1.165, 1.54) is 0 Å². The first-order valence-electron chi connectivity index (χ1n) is 9.68. The second kappa shape index (κ2) is 5.90. The van der Waals surface area contributed by atoms with Crippen molar-refractivity contribution in [1.82, 2.24) is 15.0 Å². The fraction of sp³-hybridized carbons (Fsp3) is 0.0417. The molecule has 0 unspecified atom stereocenters. The summed E-state index contributed by atoms with van der Waals surface area (Å²) in [6.07, 6.45) is 0. The highest BCUT2D eigenvalue weighted by Crippen LogP contribution is 2.38. The third kappa shape index (κ3) is 2.21. The summed E-state index contributed by atoms with van der Waals surface area (Å²) in [6, 6.07) is 21.2. The number of hydrogen-bond donors (Lipinski definition) is 2. The highest BCUT2D eigenvalue weighted by molar-refractivity contribution is 6.24. The second-order valence-electron chi connectivity index (χ2n) is 7.51. The smallest absolute Gasteiger partial charge is 0.270 e. The van der Waals surface area contributed by atoms with Crippen LogP contribution >= 0.6 is 0 Å². The second-order valence-corrected chi connectivity index (χ2v) is 7.51. The van der Waals surface area contributed by atoms with Crippen LogP contribution in [0.3, 0.4) is 0 Å². The number of nitro groups is 1. The Morgan fingerprint density at radius 1 is 0.833 bits per heavy atom. The van der Waals surface area contributed by atoms with Crippen molar-refractivity contribution in [1.29, 1.82) is 0 Å². The molecule has 0 bridgehead atoms. The number of aromatic amines is 2. The van der Waals surface area contributed by atoms with Crippen molar-refractivity contribution in [3.63, 3.8) is 0 Å². The molecule has 6 rings (SSSR count). The van der Waals surface area contributed by atoms with Crippen LogP contribution in [0.5, 0.6) is 0 Å². The Bertz CT molecular complexity index is 1640. The molecule has 2 aromatic heterocycles. The Balaban J connectivity index is 1.78. The largest absolute Gasteiger partial charge is 0.358 e. The predicted molar refractivity (Wildman–Crippen MR) is 120 cm³/mol. The van der Waals surface area contributed by atoms with E-state index >= 15 is 0 Å². The van der Waals surface area contributed by atoms with Gasteiger partial charge >= 0.3 is 0 Å². The predicted octanol–water partition coefficient (Wildman–Crippen LogP) is 6.23. The average Bonchev–Trinajstić information content (AvgIpc) is 3.34. The molecule has 0 aliphatic heterocycles. The number of rotatable bonds is 2. The van der Waals surface area contributed by atoms with E-state index < -0.39 is 0 Å². The molecule has 0 atom stereocenters. The van der Waals surface area contributed by atoms with Crippen LogP contribution in [0.1, 0.15) is 5.69 Å². The van der Waals surface area contributed by atoms with Crippen LogP contribution in [0.15, 0.2) is 66.7 Å². The molecule has 6 aromatic rings. The van der Waals surface area contributed by atoms with Gasteiger partial charge in [0.2, 0.25) is 0 Å². The average molecular weight is 392 g/mol. The van der Waals surface area contributed by atoms with Crippen molar-refractivity contribution in [2.24, 2.45) is 0 Å². The Morgan fingerprint density at radius 3 is 2.33 bits per heavy atom. The van der Waals surface area contributed by atoms with Crippen LogP contribution in [-0.4, -0.2) is 19.9 Å². The first-order valence-corrected chi connectivity index (χ1v) is 9.68. The monoisotopic (exact) mass is 392 g/mol. The number of nitrogens with one attached hydrogen (secondary N) is 2. The highest BCUT2D eigenvalue weighted by Gasteiger charge is 2.19. The van der Waals surface area contributed by atoms with Gasteiger partial charge in [-0.1, -0.05) is 42.5 Å². The lowest BCUT2D eigenvalue weighted by Gasteiger charge is -2.05. The normalized spacial score (nSPS) is 11.8. The molecule has 6 nitrogen and oxygen atoms in total. The third-order valence-electron chi connectivity index (χ3n) is 5.79. The van der Waals surface area contributed by atoms with Crippen LogP contribution in [0.2, 0.25) is 0 Å². The highest BCUT2D eigenvalue weighted by atomic mass is 16.6. The van der Waals surface area contributed by atoms with Gasteiger partial charge in [-0.25, -0.2) is 4.98 Å². The molecule has 0 fully saturated rings. The van der Waals surface area contributed by atoms with Gasteiger partial charge in [-0.05, 0) is 29.8 Å². The lowest BCUT2D eigenvalue weighted by molar-refractivity contribution is -0.384. The number of aromatic nitrogens is 3. The molecule has 6 heteroatoms. The van der Waals surface area contributed by atoms with Gasteiger partial charge in [-0.15, -0.1) is 0 Å². The molecule has 0 saturated heterocycles. The van der Waals surface area contributed by atoms with E-state index in [4.69, 9.17) is 4.98 Å². The molecular formula is C24H16N4O2. The molecule has 4 aromatic carbocycles. The van der Waals surface area contributed by atoms with Gasteiger partial charge in [0.15, 0.2) is 0 Å². The van der Waals surface area contributed by atoms with Crippen molar-refractivity contribution >= 4 is 49.2 Å². The lowest BCUT2D eigenvalue weighted by atomic mass is 9.99. The van der Waals surface area contributed by atoms with Gasteiger partial charge in [0.25, 0.3) is 5.69 Å². The van der Waals surface area contributed by atoms with Crippen LogP contribution in [-0.2, 0) is 0 Å². The quantitative estimate of drug-likeness (QED) is 0.208. The number of hydrogen-bond acceptors (Lipinski definition) is 3. The summed E-state index contributed by atoms with van der Waals surface area (Å²) in [5, 5.41) is 16.3. The third-order valence-corrected chi connectivity index (χ3v) is 5.79. The maximum absolute atomic E-state index is 11.4. The maximum Gasteiger partial charge on any atom is 0.270 e. The molecule has 0 radical (unpaired) electrons. The summed E-state index contributed by atoms with van der Waals surface area (Å²) in [7, 11) is 0. The van der Waals surface area contributed by atoms with E-state index in [9.17, 15) is 10.1 Å².